The number of ether oxygens (including phenoxy) is 2. The zero-order chi connectivity index (χ0) is 18.6. The predicted octanol–water partition coefficient (Wildman–Crippen LogP) is 4.36. The van der Waals surface area contributed by atoms with E-state index in [1.165, 1.54) is 12.1 Å². The van der Waals surface area contributed by atoms with Crippen molar-refractivity contribution >= 4 is 12.0 Å². The maximum Gasteiger partial charge on any atom is 0.246 e. The lowest BCUT2D eigenvalue weighted by Crippen LogP contribution is -2.32. The van der Waals surface area contributed by atoms with Gasteiger partial charge in [-0.15, -0.1) is 0 Å². The van der Waals surface area contributed by atoms with Crippen LogP contribution in [0.2, 0.25) is 0 Å². The van der Waals surface area contributed by atoms with Crippen molar-refractivity contribution in [1.82, 2.24) is 4.90 Å². The van der Waals surface area contributed by atoms with Gasteiger partial charge in [0.2, 0.25) is 12.7 Å². The van der Waals surface area contributed by atoms with E-state index in [-0.39, 0.29) is 24.4 Å². The minimum atomic E-state index is -0.230. The monoisotopic (exact) mass is 367 g/mol. The average Bonchev–Trinajstić information content (AvgIpc) is 3.01. The number of benzene rings is 2. The van der Waals surface area contributed by atoms with Gasteiger partial charge in [-0.1, -0.05) is 24.6 Å². The number of amides is 1. The minimum Gasteiger partial charge on any atom is -0.454 e. The molecule has 2 aliphatic rings. The van der Waals surface area contributed by atoms with Crippen LogP contribution in [0.3, 0.4) is 0 Å². The summed E-state index contributed by atoms with van der Waals surface area (Å²) in [6.45, 7) is 1.65. The molecule has 0 bridgehead atoms. The van der Waals surface area contributed by atoms with Crippen molar-refractivity contribution in [1.29, 1.82) is 0 Å². The Hall–Kier alpha value is -2.82. The first-order chi connectivity index (χ1) is 13.2. The van der Waals surface area contributed by atoms with Gasteiger partial charge in [0.15, 0.2) is 11.5 Å². The van der Waals surface area contributed by atoms with Crippen LogP contribution in [0.5, 0.6) is 11.5 Å². The molecule has 0 N–H and O–H groups in total. The highest BCUT2D eigenvalue weighted by atomic mass is 19.1. The lowest BCUT2D eigenvalue weighted by atomic mass is 9.94. The van der Waals surface area contributed by atoms with Gasteiger partial charge in [0.1, 0.15) is 5.82 Å². The van der Waals surface area contributed by atoms with E-state index in [4.69, 9.17) is 9.47 Å². The van der Waals surface area contributed by atoms with Crippen LogP contribution in [0, 0.1) is 5.82 Å². The van der Waals surface area contributed by atoms with Crippen molar-refractivity contribution in [3.63, 3.8) is 0 Å². The quantitative estimate of drug-likeness (QED) is 0.757. The maximum absolute atomic E-state index is 13.2. The molecule has 5 heteroatoms. The fourth-order valence-electron chi connectivity index (χ4n) is 3.64. The summed E-state index contributed by atoms with van der Waals surface area (Å²) in [6.07, 6.45) is 6.49. The van der Waals surface area contributed by atoms with Gasteiger partial charge in [-0.2, -0.15) is 0 Å². The molecule has 1 saturated heterocycles. The number of fused-ring (bicyclic) bond motifs is 1. The van der Waals surface area contributed by atoms with Gasteiger partial charge >= 0.3 is 0 Å². The highest BCUT2D eigenvalue weighted by Crippen LogP contribution is 2.33. The fourth-order valence-corrected chi connectivity index (χ4v) is 3.64. The molecule has 1 unspecified atom stereocenters. The molecule has 2 aromatic carbocycles. The Bertz CT molecular complexity index is 847. The first kappa shape index (κ1) is 17.6. The highest BCUT2D eigenvalue weighted by molar-refractivity contribution is 5.92. The topological polar surface area (TPSA) is 38.8 Å². The van der Waals surface area contributed by atoms with Crippen molar-refractivity contribution in [2.45, 2.75) is 25.2 Å². The van der Waals surface area contributed by atoms with E-state index in [0.29, 0.717) is 12.3 Å². The molecular weight excluding hydrogens is 345 g/mol. The third-order valence-corrected chi connectivity index (χ3v) is 5.14. The first-order valence-electron chi connectivity index (χ1n) is 9.31. The molecule has 2 aromatic rings. The van der Waals surface area contributed by atoms with Crippen molar-refractivity contribution < 1.29 is 18.7 Å². The average molecular weight is 367 g/mol. The molecule has 0 spiro atoms. The summed E-state index contributed by atoms with van der Waals surface area (Å²) in [5, 5.41) is 0. The molecule has 0 aliphatic carbocycles. The summed E-state index contributed by atoms with van der Waals surface area (Å²) in [4.78, 5) is 14.6. The van der Waals surface area contributed by atoms with Crippen molar-refractivity contribution in [2.24, 2.45) is 0 Å². The summed E-state index contributed by atoms with van der Waals surface area (Å²) < 4.78 is 23.9. The van der Waals surface area contributed by atoms with Crippen molar-refractivity contribution in [3.05, 3.63) is 65.5 Å². The highest BCUT2D eigenvalue weighted by Gasteiger charge is 2.22. The zero-order valence-electron chi connectivity index (χ0n) is 15.1. The lowest BCUT2D eigenvalue weighted by molar-refractivity contribution is -0.126. The molecular formula is C22H22FNO3. The van der Waals surface area contributed by atoms with Gasteiger partial charge in [-0.25, -0.2) is 4.39 Å². The molecule has 27 heavy (non-hydrogen) atoms. The van der Waals surface area contributed by atoms with Gasteiger partial charge in [0.25, 0.3) is 0 Å². The summed E-state index contributed by atoms with van der Waals surface area (Å²) in [5.74, 6) is 1.45. The molecule has 4 nitrogen and oxygen atoms in total. The van der Waals surface area contributed by atoms with E-state index < -0.39 is 0 Å². The number of carbonyl (C=O) groups excluding carboxylic acids is 1. The number of nitrogens with zero attached hydrogens (tertiary/aromatic N) is 1. The van der Waals surface area contributed by atoms with Gasteiger partial charge in [-0.05, 0) is 54.3 Å². The molecule has 140 valence electrons. The fraction of sp³-hybridized carbons (Fsp3) is 0.318. The van der Waals surface area contributed by atoms with E-state index in [0.717, 1.165) is 42.7 Å². The third kappa shape index (κ3) is 4.13. The van der Waals surface area contributed by atoms with Gasteiger partial charge in [0.05, 0.1) is 0 Å². The molecule has 1 amide bonds. The van der Waals surface area contributed by atoms with Crippen LogP contribution in [0.4, 0.5) is 4.39 Å². The normalized spacial score (nSPS) is 19.3. The van der Waals surface area contributed by atoms with E-state index in [2.05, 4.69) is 0 Å². The Morgan fingerprint density at radius 3 is 2.74 bits per heavy atom. The standard InChI is InChI=1S/C22H22FNO3/c23-19-8-6-17(7-9-19)18-3-1-2-12-24(14-18)22(25)11-5-16-4-10-20-21(13-16)27-15-26-20/h4-11,13,18H,1-3,12,14-15H2/b11-5+. The largest absolute Gasteiger partial charge is 0.454 e. The zero-order valence-corrected chi connectivity index (χ0v) is 15.1. The van der Waals surface area contributed by atoms with Crippen LogP contribution in [0.1, 0.15) is 36.3 Å². The van der Waals surface area contributed by atoms with E-state index in [1.54, 1.807) is 6.08 Å². The van der Waals surface area contributed by atoms with Crippen LogP contribution in [-0.2, 0) is 4.79 Å². The molecule has 0 radical (unpaired) electrons. The Labute approximate surface area is 158 Å². The van der Waals surface area contributed by atoms with E-state index in [1.807, 2.05) is 41.3 Å². The summed E-state index contributed by atoms with van der Waals surface area (Å²) in [7, 11) is 0. The van der Waals surface area contributed by atoms with Crippen LogP contribution in [0.25, 0.3) is 6.08 Å². The number of likely N-dealkylation sites (tertiary alicyclic amines) is 1. The maximum atomic E-state index is 13.2. The summed E-state index contributed by atoms with van der Waals surface area (Å²) in [6, 6.07) is 12.3. The summed E-state index contributed by atoms with van der Waals surface area (Å²) >= 11 is 0. The molecule has 4 rings (SSSR count). The number of hydrogen-bond donors (Lipinski definition) is 0. The van der Waals surface area contributed by atoms with Crippen molar-refractivity contribution in [3.8, 4) is 11.5 Å². The molecule has 2 heterocycles. The number of carbonyl (C=O) groups is 1. The SMILES string of the molecule is O=C(/C=C/c1ccc2c(c1)OCO2)N1CCCCC(c2ccc(F)cc2)C1. The number of hydrogen-bond acceptors (Lipinski definition) is 3. The Morgan fingerprint density at radius 1 is 1.07 bits per heavy atom. The molecule has 2 aliphatic heterocycles. The smallest absolute Gasteiger partial charge is 0.246 e. The van der Waals surface area contributed by atoms with Gasteiger partial charge in [-0.3, -0.25) is 4.79 Å². The second-order valence-electron chi connectivity index (χ2n) is 6.97. The van der Waals surface area contributed by atoms with Crippen molar-refractivity contribution in [2.75, 3.05) is 19.9 Å². The number of halogens is 1. The van der Waals surface area contributed by atoms with Crippen LogP contribution in [-0.4, -0.2) is 30.7 Å². The van der Waals surface area contributed by atoms with Crippen LogP contribution >= 0.6 is 0 Å². The Balaban J connectivity index is 1.44. The third-order valence-electron chi connectivity index (χ3n) is 5.14. The number of rotatable bonds is 3. The lowest BCUT2D eigenvalue weighted by Gasteiger charge is -2.23. The second kappa shape index (κ2) is 7.82. The van der Waals surface area contributed by atoms with Crippen LogP contribution < -0.4 is 9.47 Å². The summed E-state index contributed by atoms with van der Waals surface area (Å²) in [5.41, 5.74) is 1.99. The molecule has 0 aromatic heterocycles. The molecule has 0 saturated carbocycles. The van der Waals surface area contributed by atoms with E-state index >= 15 is 0 Å². The Morgan fingerprint density at radius 2 is 1.89 bits per heavy atom. The minimum absolute atomic E-state index is 0.00155. The Kier molecular flexibility index (Phi) is 5.10. The van der Waals surface area contributed by atoms with Crippen LogP contribution in [0.15, 0.2) is 48.5 Å². The predicted molar refractivity (Wildman–Crippen MR) is 101 cm³/mol. The van der Waals surface area contributed by atoms with Gasteiger partial charge < -0.3 is 14.4 Å². The first-order valence-corrected chi connectivity index (χ1v) is 9.31. The van der Waals surface area contributed by atoms with E-state index in [9.17, 15) is 9.18 Å². The molecule has 1 atom stereocenters. The van der Waals surface area contributed by atoms with Gasteiger partial charge in [0, 0.05) is 25.1 Å². The molecule has 1 fully saturated rings. The second-order valence-corrected chi connectivity index (χ2v) is 6.97.